The number of aliphatic hydroxyl groups is 1. The van der Waals surface area contributed by atoms with Gasteiger partial charge in [0.2, 0.25) is 0 Å². The van der Waals surface area contributed by atoms with Crippen molar-refractivity contribution in [3.8, 4) is 17.9 Å². The van der Waals surface area contributed by atoms with Gasteiger partial charge in [-0.3, -0.25) is 0 Å². The third-order valence-corrected chi connectivity index (χ3v) is 3.85. The normalized spacial score (nSPS) is 12.4. The minimum atomic E-state index is -1.35. The highest BCUT2D eigenvalue weighted by molar-refractivity contribution is 6.32. The lowest BCUT2D eigenvalue weighted by atomic mass is 10.0. The van der Waals surface area contributed by atoms with E-state index in [2.05, 4.69) is 11.9 Å². The van der Waals surface area contributed by atoms with Crippen molar-refractivity contribution in [3.63, 3.8) is 0 Å². The van der Waals surface area contributed by atoms with Crippen molar-refractivity contribution >= 4 is 17.3 Å². The van der Waals surface area contributed by atoms with E-state index >= 15 is 0 Å². The molecule has 5 nitrogen and oxygen atoms in total. The zero-order valence-corrected chi connectivity index (χ0v) is 14.3. The molecular formula is C19H16ClN3O2. The van der Waals surface area contributed by atoms with Crippen LogP contribution in [0.5, 0.6) is 5.75 Å². The van der Waals surface area contributed by atoms with Gasteiger partial charge in [0, 0.05) is 11.4 Å². The van der Waals surface area contributed by atoms with E-state index in [1.54, 1.807) is 49.4 Å². The molecule has 2 N–H and O–H groups in total. The standard InChI is InChI=1S/C19H16ClN3O2/c1-13(23-16-6-5-15(11-22)18(20)9-16)19(2,24)12-25-17-7-3-14(10-21)4-8-17/h3-9,23-24H,1,12H2,2H3/t19-/m0/s1. The van der Waals surface area contributed by atoms with Gasteiger partial charge >= 0.3 is 0 Å². The Hall–Kier alpha value is -2.99. The molecule has 0 bridgehead atoms. The van der Waals surface area contributed by atoms with Gasteiger partial charge in [-0.05, 0) is 49.4 Å². The van der Waals surface area contributed by atoms with E-state index in [1.165, 1.54) is 0 Å². The number of hydrogen-bond acceptors (Lipinski definition) is 5. The van der Waals surface area contributed by atoms with E-state index in [0.29, 0.717) is 33.3 Å². The second kappa shape index (κ2) is 7.72. The van der Waals surface area contributed by atoms with Crippen molar-refractivity contribution in [3.05, 3.63) is 70.9 Å². The number of benzene rings is 2. The maximum atomic E-state index is 10.6. The lowest BCUT2D eigenvalue weighted by Gasteiger charge is -2.27. The summed E-state index contributed by atoms with van der Waals surface area (Å²) in [6, 6.07) is 15.4. The van der Waals surface area contributed by atoms with Crippen LogP contribution in [0, 0.1) is 22.7 Å². The zero-order chi connectivity index (χ0) is 18.4. The van der Waals surface area contributed by atoms with Gasteiger partial charge < -0.3 is 15.2 Å². The zero-order valence-electron chi connectivity index (χ0n) is 13.6. The van der Waals surface area contributed by atoms with Crippen LogP contribution in [0.25, 0.3) is 0 Å². The first kappa shape index (κ1) is 18.4. The summed E-state index contributed by atoms with van der Waals surface area (Å²) >= 11 is 5.99. The summed E-state index contributed by atoms with van der Waals surface area (Å²) in [6.07, 6.45) is 0. The molecule has 0 heterocycles. The molecule has 0 saturated heterocycles. The molecule has 126 valence electrons. The first-order valence-electron chi connectivity index (χ1n) is 7.37. The fourth-order valence-corrected chi connectivity index (χ4v) is 2.15. The number of anilines is 1. The average Bonchev–Trinajstić information content (AvgIpc) is 2.60. The van der Waals surface area contributed by atoms with Gasteiger partial charge in [0.25, 0.3) is 0 Å². The summed E-state index contributed by atoms with van der Waals surface area (Å²) in [5.74, 6) is 0.536. The van der Waals surface area contributed by atoms with Crippen molar-refractivity contribution in [2.24, 2.45) is 0 Å². The van der Waals surface area contributed by atoms with Gasteiger partial charge in [-0.1, -0.05) is 18.2 Å². The number of rotatable bonds is 6. The van der Waals surface area contributed by atoms with Crippen LogP contribution in [0.2, 0.25) is 5.02 Å². The van der Waals surface area contributed by atoms with Crippen molar-refractivity contribution in [2.45, 2.75) is 12.5 Å². The molecule has 25 heavy (non-hydrogen) atoms. The van der Waals surface area contributed by atoms with Crippen LogP contribution >= 0.6 is 11.6 Å². The lowest BCUT2D eigenvalue weighted by molar-refractivity contribution is 0.0453. The number of ether oxygens (including phenoxy) is 1. The average molecular weight is 354 g/mol. The Morgan fingerprint density at radius 2 is 1.92 bits per heavy atom. The van der Waals surface area contributed by atoms with E-state index in [9.17, 15) is 5.11 Å². The van der Waals surface area contributed by atoms with Crippen LogP contribution in [0.3, 0.4) is 0 Å². The molecule has 0 unspecified atom stereocenters. The maximum absolute atomic E-state index is 10.6. The second-order valence-electron chi connectivity index (χ2n) is 5.61. The largest absolute Gasteiger partial charge is 0.490 e. The lowest BCUT2D eigenvalue weighted by Crippen LogP contribution is -2.37. The molecule has 0 saturated carbocycles. The van der Waals surface area contributed by atoms with E-state index in [4.69, 9.17) is 26.9 Å². The highest BCUT2D eigenvalue weighted by Crippen LogP contribution is 2.24. The highest BCUT2D eigenvalue weighted by Gasteiger charge is 2.26. The summed E-state index contributed by atoms with van der Waals surface area (Å²) in [5, 5.41) is 31.5. The topological polar surface area (TPSA) is 89.1 Å². The molecule has 6 heteroatoms. The van der Waals surface area contributed by atoms with Gasteiger partial charge in [-0.15, -0.1) is 0 Å². The highest BCUT2D eigenvalue weighted by atomic mass is 35.5. The van der Waals surface area contributed by atoms with E-state index in [0.717, 1.165) is 0 Å². The predicted molar refractivity (Wildman–Crippen MR) is 96.2 cm³/mol. The first-order chi connectivity index (χ1) is 11.9. The van der Waals surface area contributed by atoms with Crippen molar-refractivity contribution in [1.29, 1.82) is 10.5 Å². The molecule has 0 fully saturated rings. The van der Waals surface area contributed by atoms with Gasteiger partial charge in [0.15, 0.2) is 0 Å². The molecule has 0 amide bonds. The molecule has 1 atom stereocenters. The third-order valence-electron chi connectivity index (χ3n) is 3.54. The summed E-state index contributed by atoms with van der Waals surface area (Å²) in [7, 11) is 0. The third kappa shape index (κ3) is 4.74. The molecule has 2 rings (SSSR count). The molecule has 0 aliphatic heterocycles. The number of nitrogens with zero attached hydrogens (tertiary/aromatic N) is 2. The second-order valence-corrected chi connectivity index (χ2v) is 6.02. The Morgan fingerprint density at radius 1 is 1.24 bits per heavy atom. The van der Waals surface area contributed by atoms with Crippen molar-refractivity contribution in [1.82, 2.24) is 0 Å². The van der Waals surface area contributed by atoms with Gasteiger partial charge in [0.05, 0.1) is 22.2 Å². The monoisotopic (exact) mass is 353 g/mol. The number of hydrogen-bond donors (Lipinski definition) is 2. The fourth-order valence-electron chi connectivity index (χ4n) is 1.93. The number of nitrogens with one attached hydrogen (secondary N) is 1. The van der Waals surface area contributed by atoms with Gasteiger partial charge in [-0.25, -0.2) is 0 Å². The SMILES string of the molecule is C=C(Nc1ccc(C#N)c(Cl)c1)[C@@](C)(O)COc1ccc(C#N)cc1. The van der Waals surface area contributed by atoms with Crippen LogP contribution < -0.4 is 10.1 Å². The summed E-state index contributed by atoms with van der Waals surface area (Å²) in [4.78, 5) is 0. The number of halogens is 1. The molecule has 0 aliphatic rings. The molecule has 0 aliphatic carbocycles. The molecule has 2 aromatic carbocycles. The smallest absolute Gasteiger partial charge is 0.135 e. The Morgan fingerprint density at radius 3 is 2.48 bits per heavy atom. The van der Waals surface area contributed by atoms with E-state index in [-0.39, 0.29) is 6.61 Å². The van der Waals surface area contributed by atoms with Crippen LogP contribution in [-0.2, 0) is 0 Å². The first-order valence-corrected chi connectivity index (χ1v) is 7.75. The quantitative estimate of drug-likeness (QED) is 0.823. The molecule has 2 aromatic rings. The van der Waals surface area contributed by atoms with Crippen molar-refractivity contribution in [2.75, 3.05) is 11.9 Å². The van der Waals surface area contributed by atoms with Crippen molar-refractivity contribution < 1.29 is 9.84 Å². The summed E-state index contributed by atoms with van der Waals surface area (Å²) < 4.78 is 5.56. The van der Waals surface area contributed by atoms with E-state index in [1.807, 2.05) is 12.1 Å². The Bertz CT molecular complexity index is 862. The van der Waals surface area contributed by atoms with Gasteiger partial charge in [-0.2, -0.15) is 10.5 Å². The molecule has 0 radical (unpaired) electrons. The Balaban J connectivity index is 2.00. The van der Waals surface area contributed by atoms with Crippen LogP contribution in [0.15, 0.2) is 54.7 Å². The Labute approximate surface area is 151 Å². The number of nitriles is 2. The minimum absolute atomic E-state index is 0.0330. The van der Waals surface area contributed by atoms with Crippen LogP contribution in [0.1, 0.15) is 18.1 Å². The maximum Gasteiger partial charge on any atom is 0.135 e. The van der Waals surface area contributed by atoms with Crippen LogP contribution in [-0.4, -0.2) is 17.3 Å². The summed E-state index contributed by atoms with van der Waals surface area (Å²) in [5.41, 5.74) is 0.472. The molecular weight excluding hydrogens is 338 g/mol. The fraction of sp³-hybridized carbons (Fsp3) is 0.158. The predicted octanol–water partition coefficient (Wildman–Crippen LogP) is 3.84. The van der Waals surface area contributed by atoms with E-state index < -0.39 is 5.60 Å². The van der Waals surface area contributed by atoms with Crippen LogP contribution in [0.4, 0.5) is 5.69 Å². The Kier molecular flexibility index (Phi) is 5.67. The molecule has 0 spiro atoms. The van der Waals surface area contributed by atoms with Gasteiger partial charge in [0.1, 0.15) is 24.0 Å². The molecule has 0 aromatic heterocycles. The minimum Gasteiger partial charge on any atom is -0.490 e. The summed E-state index contributed by atoms with van der Waals surface area (Å²) in [6.45, 7) is 5.38.